The fourth-order valence-electron chi connectivity index (χ4n) is 1.81. The Labute approximate surface area is 107 Å². The molecule has 1 aromatic heterocycles. The van der Waals surface area contributed by atoms with Crippen LogP contribution >= 0.6 is 0 Å². The summed E-state index contributed by atoms with van der Waals surface area (Å²) in [4.78, 5) is 3.97. The maximum Gasteiger partial charge on any atom is 0.125 e. The summed E-state index contributed by atoms with van der Waals surface area (Å²) in [5.74, 6) is 0.746. The first kappa shape index (κ1) is 12.6. The zero-order valence-corrected chi connectivity index (χ0v) is 10.7. The Hall–Kier alpha value is -1.81. The van der Waals surface area contributed by atoms with Crippen molar-refractivity contribution >= 4 is 0 Å². The molecule has 0 unspecified atom stereocenters. The summed E-state index contributed by atoms with van der Waals surface area (Å²) in [5.41, 5.74) is 1.95. The Kier molecular flexibility index (Phi) is 3.99. The van der Waals surface area contributed by atoms with Crippen molar-refractivity contribution in [3.8, 4) is 5.75 Å². The summed E-state index contributed by atoms with van der Waals surface area (Å²) in [6, 6.07) is 5.85. The first-order chi connectivity index (χ1) is 8.66. The van der Waals surface area contributed by atoms with Gasteiger partial charge in [0.05, 0.1) is 19.0 Å². The van der Waals surface area contributed by atoms with Gasteiger partial charge in [-0.2, -0.15) is 0 Å². The first-order valence-electron chi connectivity index (χ1n) is 6.04. The van der Waals surface area contributed by atoms with E-state index in [-0.39, 0.29) is 0 Å². The van der Waals surface area contributed by atoms with Gasteiger partial charge in [-0.1, -0.05) is 11.6 Å². The molecule has 0 aliphatic carbocycles. The normalized spacial score (nSPS) is 12.4. The van der Waals surface area contributed by atoms with E-state index in [0.717, 1.165) is 23.4 Å². The van der Waals surface area contributed by atoms with Crippen LogP contribution in [0.25, 0.3) is 0 Å². The molecule has 0 aliphatic heterocycles. The van der Waals surface area contributed by atoms with Gasteiger partial charge in [-0.3, -0.25) is 0 Å². The van der Waals surface area contributed by atoms with E-state index >= 15 is 0 Å². The molecule has 2 aromatic rings. The lowest BCUT2D eigenvalue weighted by molar-refractivity contribution is 0.190. The molecule has 1 N–H and O–H groups in total. The van der Waals surface area contributed by atoms with Crippen LogP contribution in [0.15, 0.2) is 36.9 Å². The van der Waals surface area contributed by atoms with Crippen LogP contribution < -0.4 is 4.74 Å². The maximum absolute atomic E-state index is 9.72. The van der Waals surface area contributed by atoms with E-state index < -0.39 is 6.10 Å². The van der Waals surface area contributed by atoms with Crippen LogP contribution in [0.5, 0.6) is 5.75 Å². The zero-order valence-electron chi connectivity index (χ0n) is 10.7. The highest BCUT2D eigenvalue weighted by molar-refractivity contribution is 5.38. The molecule has 1 heterocycles. The minimum absolute atomic E-state index is 0.520. The quantitative estimate of drug-likeness (QED) is 0.880. The van der Waals surface area contributed by atoms with Crippen LogP contribution in [-0.4, -0.2) is 21.3 Å². The van der Waals surface area contributed by atoms with Crippen LogP contribution in [0.2, 0.25) is 0 Å². The molecule has 2 rings (SSSR count). The average Bonchev–Trinajstić information content (AvgIpc) is 2.84. The van der Waals surface area contributed by atoms with E-state index in [4.69, 9.17) is 4.74 Å². The molecule has 18 heavy (non-hydrogen) atoms. The number of hydrogen-bond acceptors (Lipinski definition) is 3. The van der Waals surface area contributed by atoms with Crippen molar-refractivity contribution in [2.45, 2.75) is 26.5 Å². The summed E-state index contributed by atoms with van der Waals surface area (Å²) < 4.78 is 7.67. The Morgan fingerprint density at radius 2 is 2.28 bits per heavy atom. The molecule has 1 aromatic carbocycles. The molecule has 0 fully saturated rings. The molecule has 96 valence electrons. The van der Waals surface area contributed by atoms with Gasteiger partial charge in [-0.25, -0.2) is 4.98 Å². The lowest BCUT2D eigenvalue weighted by Crippen LogP contribution is -2.08. The first-order valence-corrected chi connectivity index (χ1v) is 6.04. The summed E-state index contributed by atoms with van der Waals surface area (Å²) in [5, 5.41) is 9.72. The van der Waals surface area contributed by atoms with Crippen molar-refractivity contribution in [3.05, 3.63) is 48.0 Å². The highest BCUT2D eigenvalue weighted by Gasteiger charge is 2.09. The molecular formula is C14H18N2O2. The number of rotatable bonds is 5. The molecule has 0 saturated heterocycles. The average molecular weight is 246 g/mol. The predicted octanol–water partition coefficient (Wildman–Crippen LogP) is 2.32. The predicted molar refractivity (Wildman–Crippen MR) is 69.5 cm³/mol. The Bertz CT molecular complexity index is 493. The van der Waals surface area contributed by atoms with Crippen molar-refractivity contribution in [1.29, 1.82) is 0 Å². The van der Waals surface area contributed by atoms with Crippen LogP contribution in [0, 0.1) is 6.92 Å². The number of ether oxygens (including phenoxy) is 1. The van der Waals surface area contributed by atoms with Gasteiger partial charge in [-0.15, -0.1) is 0 Å². The smallest absolute Gasteiger partial charge is 0.125 e. The van der Waals surface area contributed by atoms with E-state index in [1.807, 2.05) is 35.9 Å². The van der Waals surface area contributed by atoms with E-state index in [1.54, 1.807) is 19.4 Å². The second kappa shape index (κ2) is 5.69. The number of nitrogens with zero attached hydrogens (tertiary/aromatic N) is 2. The molecule has 4 heteroatoms. The molecule has 4 nitrogen and oxygen atoms in total. The van der Waals surface area contributed by atoms with Crippen molar-refractivity contribution in [3.63, 3.8) is 0 Å². The summed E-state index contributed by atoms with van der Waals surface area (Å²) in [7, 11) is 0. The molecule has 0 radical (unpaired) electrons. The highest BCUT2D eigenvalue weighted by Crippen LogP contribution is 2.26. The molecule has 0 bridgehead atoms. The maximum atomic E-state index is 9.72. The lowest BCUT2D eigenvalue weighted by atomic mass is 10.1. The van der Waals surface area contributed by atoms with Crippen molar-refractivity contribution in [2.75, 3.05) is 6.61 Å². The number of imidazole rings is 1. The summed E-state index contributed by atoms with van der Waals surface area (Å²) in [6.45, 7) is 5.05. The fraction of sp³-hybridized carbons (Fsp3) is 0.357. The van der Waals surface area contributed by atoms with Gasteiger partial charge in [0.1, 0.15) is 12.4 Å². The summed E-state index contributed by atoms with van der Waals surface area (Å²) in [6.07, 6.45) is 4.88. The van der Waals surface area contributed by atoms with Crippen molar-refractivity contribution in [1.82, 2.24) is 9.55 Å². The second-order valence-corrected chi connectivity index (χ2v) is 4.37. The van der Waals surface area contributed by atoms with Crippen LogP contribution in [-0.2, 0) is 6.54 Å². The Balaban J connectivity index is 2.00. The van der Waals surface area contributed by atoms with Gasteiger partial charge < -0.3 is 14.4 Å². The lowest BCUT2D eigenvalue weighted by Gasteiger charge is -2.14. The minimum atomic E-state index is -0.520. The van der Waals surface area contributed by atoms with Crippen LogP contribution in [0.1, 0.15) is 24.2 Å². The van der Waals surface area contributed by atoms with E-state index in [1.165, 1.54) is 0 Å². The van der Waals surface area contributed by atoms with E-state index in [9.17, 15) is 5.11 Å². The molecule has 0 saturated carbocycles. The molecule has 0 spiro atoms. The van der Waals surface area contributed by atoms with Crippen LogP contribution in [0.4, 0.5) is 0 Å². The fourth-order valence-corrected chi connectivity index (χ4v) is 1.81. The third kappa shape index (κ3) is 3.11. The second-order valence-electron chi connectivity index (χ2n) is 4.37. The van der Waals surface area contributed by atoms with E-state index in [0.29, 0.717) is 6.61 Å². The number of aliphatic hydroxyl groups is 1. The summed E-state index contributed by atoms with van der Waals surface area (Å²) >= 11 is 0. The van der Waals surface area contributed by atoms with Crippen molar-refractivity contribution in [2.24, 2.45) is 0 Å². The van der Waals surface area contributed by atoms with Gasteiger partial charge in [0.15, 0.2) is 0 Å². The monoisotopic (exact) mass is 246 g/mol. The zero-order chi connectivity index (χ0) is 13.0. The number of benzene rings is 1. The third-order valence-electron chi connectivity index (χ3n) is 2.78. The molecule has 0 amide bonds. The molecular weight excluding hydrogens is 228 g/mol. The van der Waals surface area contributed by atoms with Gasteiger partial charge in [0, 0.05) is 18.0 Å². The van der Waals surface area contributed by atoms with Gasteiger partial charge in [0.2, 0.25) is 0 Å². The number of aliphatic hydroxyl groups excluding tert-OH is 1. The van der Waals surface area contributed by atoms with Crippen molar-refractivity contribution < 1.29 is 9.84 Å². The topological polar surface area (TPSA) is 47.3 Å². The molecule has 0 aliphatic rings. The Morgan fingerprint density at radius 1 is 1.44 bits per heavy atom. The minimum Gasteiger partial charge on any atom is -0.491 e. The Morgan fingerprint density at radius 3 is 2.94 bits per heavy atom. The van der Waals surface area contributed by atoms with Gasteiger partial charge in [-0.05, 0) is 26.0 Å². The largest absolute Gasteiger partial charge is 0.491 e. The third-order valence-corrected chi connectivity index (χ3v) is 2.78. The van der Waals surface area contributed by atoms with E-state index in [2.05, 4.69) is 4.98 Å². The standard InChI is InChI=1S/C14H18N2O2/c1-11-3-4-14(13(9-11)12(2)17)18-8-7-16-6-5-15-10-16/h3-6,9-10,12,17H,7-8H2,1-2H3/t12-/m1/s1. The molecule has 1 atom stereocenters. The van der Waals surface area contributed by atoms with Crippen LogP contribution in [0.3, 0.4) is 0 Å². The SMILES string of the molecule is Cc1ccc(OCCn2ccnc2)c([C@@H](C)O)c1. The highest BCUT2D eigenvalue weighted by atomic mass is 16.5. The number of hydrogen-bond donors (Lipinski definition) is 1. The van der Waals surface area contributed by atoms with Gasteiger partial charge in [0.25, 0.3) is 0 Å². The number of aryl methyl sites for hydroxylation is 1. The number of aromatic nitrogens is 2. The van der Waals surface area contributed by atoms with Gasteiger partial charge >= 0.3 is 0 Å².